The SMILES string of the molecule is CN1CCN(CCc2ccccc2)Cc2ccccc21. The van der Waals surface area contributed by atoms with Crippen molar-refractivity contribution in [3.8, 4) is 0 Å². The van der Waals surface area contributed by atoms with Gasteiger partial charge in [-0.2, -0.15) is 0 Å². The van der Waals surface area contributed by atoms with Crippen molar-refractivity contribution < 1.29 is 0 Å². The lowest BCUT2D eigenvalue weighted by atomic mass is 10.1. The summed E-state index contributed by atoms with van der Waals surface area (Å²) in [6, 6.07) is 19.5. The lowest BCUT2D eigenvalue weighted by Gasteiger charge is -2.20. The first-order valence-corrected chi connectivity index (χ1v) is 7.38. The predicted molar refractivity (Wildman–Crippen MR) is 85.1 cm³/mol. The Bertz CT molecular complexity index is 550. The van der Waals surface area contributed by atoms with Gasteiger partial charge in [0.25, 0.3) is 0 Å². The molecule has 0 radical (unpaired) electrons. The fraction of sp³-hybridized carbons (Fsp3) is 0.333. The summed E-state index contributed by atoms with van der Waals surface area (Å²) in [4.78, 5) is 4.94. The molecule has 0 amide bonds. The number of para-hydroxylation sites is 1. The molecule has 0 unspecified atom stereocenters. The van der Waals surface area contributed by atoms with Gasteiger partial charge in [0, 0.05) is 38.9 Å². The number of hydrogen-bond donors (Lipinski definition) is 0. The van der Waals surface area contributed by atoms with Crippen LogP contribution in [0.25, 0.3) is 0 Å². The van der Waals surface area contributed by atoms with Crippen LogP contribution in [0.15, 0.2) is 54.6 Å². The van der Waals surface area contributed by atoms with E-state index in [1.165, 1.54) is 16.8 Å². The van der Waals surface area contributed by atoms with Crippen LogP contribution >= 0.6 is 0 Å². The Balaban J connectivity index is 1.67. The van der Waals surface area contributed by atoms with Crippen molar-refractivity contribution in [3.63, 3.8) is 0 Å². The molecule has 0 N–H and O–H groups in total. The summed E-state index contributed by atoms with van der Waals surface area (Å²) in [5.41, 5.74) is 4.26. The van der Waals surface area contributed by atoms with Crippen LogP contribution in [-0.2, 0) is 13.0 Å². The van der Waals surface area contributed by atoms with Gasteiger partial charge < -0.3 is 4.90 Å². The van der Waals surface area contributed by atoms with E-state index in [1.807, 2.05) is 0 Å². The van der Waals surface area contributed by atoms with Crippen LogP contribution in [0.1, 0.15) is 11.1 Å². The van der Waals surface area contributed by atoms with E-state index in [9.17, 15) is 0 Å². The number of likely N-dealkylation sites (N-methyl/N-ethyl adjacent to an activating group) is 1. The highest BCUT2D eigenvalue weighted by Crippen LogP contribution is 2.23. The summed E-state index contributed by atoms with van der Waals surface area (Å²) >= 11 is 0. The number of rotatable bonds is 3. The van der Waals surface area contributed by atoms with E-state index >= 15 is 0 Å². The molecule has 20 heavy (non-hydrogen) atoms. The first-order valence-electron chi connectivity index (χ1n) is 7.38. The van der Waals surface area contributed by atoms with Crippen molar-refractivity contribution in [1.29, 1.82) is 0 Å². The van der Waals surface area contributed by atoms with Crippen molar-refractivity contribution in [2.24, 2.45) is 0 Å². The van der Waals surface area contributed by atoms with Gasteiger partial charge >= 0.3 is 0 Å². The van der Waals surface area contributed by atoms with Crippen molar-refractivity contribution in [3.05, 3.63) is 65.7 Å². The monoisotopic (exact) mass is 266 g/mol. The van der Waals surface area contributed by atoms with E-state index in [-0.39, 0.29) is 0 Å². The summed E-state index contributed by atoms with van der Waals surface area (Å²) < 4.78 is 0. The molecule has 1 heterocycles. The van der Waals surface area contributed by atoms with Gasteiger partial charge in [0.15, 0.2) is 0 Å². The standard InChI is InChI=1S/C18H22N2/c1-19-13-14-20(12-11-16-7-3-2-4-8-16)15-17-9-5-6-10-18(17)19/h2-10H,11-15H2,1H3. The molecule has 1 aliphatic rings. The minimum Gasteiger partial charge on any atom is -0.373 e. The van der Waals surface area contributed by atoms with Gasteiger partial charge in [-0.1, -0.05) is 48.5 Å². The van der Waals surface area contributed by atoms with E-state index in [2.05, 4.69) is 71.4 Å². The van der Waals surface area contributed by atoms with E-state index in [1.54, 1.807) is 0 Å². The van der Waals surface area contributed by atoms with Crippen molar-refractivity contribution >= 4 is 5.69 Å². The maximum absolute atomic E-state index is 2.56. The Labute approximate surface area is 121 Å². The fourth-order valence-corrected chi connectivity index (χ4v) is 2.87. The number of hydrogen-bond acceptors (Lipinski definition) is 2. The van der Waals surface area contributed by atoms with Gasteiger partial charge in [0.05, 0.1) is 0 Å². The van der Waals surface area contributed by atoms with Crippen LogP contribution in [0.2, 0.25) is 0 Å². The van der Waals surface area contributed by atoms with Crippen molar-refractivity contribution in [2.45, 2.75) is 13.0 Å². The fourth-order valence-electron chi connectivity index (χ4n) is 2.87. The van der Waals surface area contributed by atoms with Crippen molar-refractivity contribution in [2.75, 3.05) is 31.6 Å². The minimum atomic E-state index is 1.06. The van der Waals surface area contributed by atoms with Gasteiger partial charge in [-0.05, 0) is 23.6 Å². The van der Waals surface area contributed by atoms with E-state index in [0.29, 0.717) is 0 Å². The third kappa shape index (κ3) is 3.02. The predicted octanol–water partition coefficient (Wildman–Crippen LogP) is 3.18. The zero-order valence-corrected chi connectivity index (χ0v) is 12.1. The first-order chi connectivity index (χ1) is 9.83. The van der Waals surface area contributed by atoms with Crippen molar-refractivity contribution in [1.82, 2.24) is 4.90 Å². The Morgan fingerprint density at radius 3 is 2.50 bits per heavy atom. The van der Waals surface area contributed by atoms with Crippen LogP contribution in [-0.4, -0.2) is 31.6 Å². The minimum absolute atomic E-state index is 1.06. The molecule has 2 aromatic carbocycles. The molecule has 1 aliphatic heterocycles. The lowest BCUT2D eigenvalue weighted by molar-refractivity contribution is 0.281. The number of nitrogens with zero attached hydrogens (tertiary/aromatic N) is 2. The molecule has 2 aromatic rings. The molecular formula is C18H22N2. The third-order valence-corrected chi connectivity index (χ3v) is 4.11. The Morgan fingerprint density at radius 1 is 0.900 bits per heavy atom. The quantitative estimate of drug-likeness (QED) is 0.842. The second-order valence-corrected chi connectivity index (χ2v) is 5.56. The molecule has 0 aromatic heterocycles. The largest absolute Gasteiger partial charge is 0.373 e. The number of fused-ring (bicyclic) bond motifs is 1. The van der Waals surface area contributed by atoms with Gasteiger partial charge in [0.2, 0.25) is 0 Å². The summed E-state index contributed by atoms with van der Waals surface area (Å²) in [5, 5.41) is 0. The summed E-state index contributed by atoms with van der Waals surface area (Å²) in [6.07, 6.45) is 1.13. The first kappa shape index (κ1) is 13.2. The van der Waals surface area contributed by atoms with E-state index in [0.717, 1.165) is 32.6 Å². The van der Waals surface area contributed by atoms with E-state index < -0.39 is 0 Å². The van der Waals surface area contributed by atoms with Gasteiger partial charge in [-0.15, -0.1) is 0 Å². The third-order valence-electron chi connectivity index (χ3n) is 4.11. The molecule has 0 saturated heterocycles. The topological polar surface area (TPSA) is 6.48 Å². The summed E-state index contributed by atoms with van der Waals surface area (Å²) in [5.74, 6) is 0. The molecule has 2 heteroatoms. The molecular weight excluding hydrogens is 244 g/mol. The normalized spacial score (nSPS) is 15.8. The highest BCUT2D eigenvalue weighted by atomic mass is 15.2. The second kappa shape index (κ2) is 6.10. The molecule has 0 saturated carbocycles. The molecule has 0 fully saturated rings. The highest BCUT2D eigenvalue weighted by molar-refractivity contribution is 5.53. The zero-order chi connectivity index (χ0) is 13.8. The van der Waals surface area contributed by atoms with Crippen LogP contribution in [0.3, 0.4) is 0 Å². The number of benzene rings is 2. The molecule has 0 bridgehead atoms. The maximum Gasteiger partial charge on any atom is 0.0409 e. The average Bonchev–Trinajstić information content (AvgIpc) is 2.66. The highest BCUT2D eigenvalue weighted by Gasteiger charge is 2.16. The summed E-state index contributed by atoms with van der Waals surface area (Å²) in [6.45, 7) is 4.43. The van der Waals surface area contributed by atoms with Gasteiger partial charge in [-0.25, -0.2) is 0 Å². The Kier molecular flexibility index (Phi) is 4.03. The Morgan fingerprint density at radius 2 is 1.65 bits per heavy atom. The summed E-state index contributed by atoms with van der Waals surface area (Å²) in [7, 11) is 2.19. The van der Waals surface area contributed by atoms with Crippen LogP contribution in [0.4, 0.5) is 5.69 Å². The molecule has 3 rings (SSSR count). The lowest BCUT2D eigenvalue weighted by Crippen LogP contribution is -2.30. The smallest absolute Gasteiger partial charge is 0.0409 e. The molecule has 0 spiro atoms. The molecule has 104 valence electrons. The van der Waals surface area contributed by atoms with Gasteiger partial charge in [-0.3, -0.25) is 4.90 Å². The number of anilines is 1. The maximum atomic E-state index is 2.56. The molecule has 0 aliphatic carbocycles. The van der Waals surface area contributed by atoms with Crippen LogP contribution in [0, 0.1) is 0 Å². The van der Waals surface area contributed by atoms with Crippen LogP contribution in [0.5, 0.6) is 0 Å². The molecule has 0 atom stereocenters. The molecule has 2 nitrogen and oxygen atoms in total. The van der Waals surface area contributed by atoms with E-state index in [4.69, 9.17) is 0 Å². The average molecular weight is 266 g/mol. The zero-order valence-electron chi connectivity index (χ0n) is 12.1. The second-order valence-electron chi connectivity index (χ2n) is 5.56. The van der Waals surface area contributed by atoms with Crippen LogP contribution < -0.4 is 4.90 Å². The Hall–Kier alpha value is -1.80. The van der Waals surface area contributed by atoms with Gasteiger partial charge in [0.1, 0.15) is 0 Å².